The van der Waals surface area contributed by atoms with Gasteiger partial charge >= 0.3 is 0 Å². The maximum absolute atomic E-state index is 10.4. The van der Waals surface area contributed by atoms with E-state index in [2.05, 4.69) is 28.9 Å². The van der Waals surface area contributed by atoms with Gasteiger partial charge in [0, 0.05) is 31.1 Å². The number of fused-ring (bicyclic) bond motifs is 1. The van der Waals surface area contributed by atoms with E-state index in [0.717, 1.165) is 22.3 Å². The molecule has 1 aromatic carbocycles. The van der Waals surface area contributed by atoms with Crippen LogP contribution in [-0.4, -0.2) is 24.9 Å². The number of benzene rings is 1. The Morgan fingerprint density at radius 2 is 1.86 bits per heavy atom. The molecule has 5 heteroatoms. The molecule has 0 aliphatic heterocycles. The third-order valence-corrected chi connectivity index (χ3v) is 3.47. The molecule has 0 aliphatic carbocycles. The standard InChI is InChI=1S/C16H18N4O/c1-11(2)20-8-5-13(19-20)10-16(21)12-3-4-14-15(9-12)18-7-6-17-14/h3-9,11,16,21H,10H2,1-2H3. The number of nitrogens with zero attached hydrogens (tertiary/aromatic N) is 4. The number of aliphatic hydroxyl groups is 1. The normalized spacial score (nSPS) is 13.0. The molecule has 1 unspecified atom stereocenters. The minimum atomic E-state index is -0.591. The van der Waals surface area contributed by atoms with E-state index in [1.54, 1.807) is 12.4 Å². The highest BCUT2D eigenvalue weighted by atomic mass is 16.3. The lowest BCUT2D eigenvalue weighted by Gasteiger charge is -2.10. The SMILES string of the molecule is CC(C)n1ccc(CC(O)c2ccc3nccnc3c2)n1. The summed E-state index contributed by atoms with van der Waals surface area (Å²) in [6.45, 7) is 4.16. The zero-order valence-electron chi connectivity index (χ0n) is 12.1. The highest BCUT2D eigenvalue weighted by molar-refractivity contribution is 5.74. The van der Waals surface area contributed by atoms with E-state index in [1.165, 1.54) is 0 Å². The zero-order valence-corrected chi connectivity index (χ0v) is 12.1. The molecule has 2 aromatic heterocycles. The molecule has 0 amide bonds. The van der Waals surface area contributed by atoms with Crippen LogP contribution >= 0.6 is 0 Å². The number of aromatic nitrogens is 4. The summed E-state index contributed by atoms with van der Waals surface area (Å²) in [6.07, 6.45) is 5.16. The minimum Gasteiger partial charge on any atom is -0.388 e. The van der Waals surface area contributed by atoms with Crippen LogP contribution in [0.5, 0.6) is 0 Å². The fourth-order valence-corrected chi connectivity index (χ4v) is 2.28. The highest BCUT2D eigenvalue weighted by Gasteiger charge is 2.12. The van der Waals surface area contributed by atoms with Gasteiger partial charge in [0.1, 0.15) is 0 Å². The predicted molar refractivity (Wildman–Crippen MR) is 80.8 cm³/mol. The summed E-state index contributed by atoms with van der Waals surface area (Å²) in [5.41, 5.74) is 3.34. The first-order chi connectivity index (χ1) is 10.1. The number of hydrogen-bond donors (Lipinski definition) is 1. The van der Waals surface area contributed by atoms with Crippen molar-refractivity contribution < 1.29 is 5.11 Å². The Kier molecular flexibility index (Phi) is 3.66. The van der Waals surface area contributed by atoms with E-state index >= 15 is 0 Å². The smallest absolute Gasteiger partial charge is 0.0890 e. The lowest BCUT2D eigenvalue weighted by atomic mass is 10.0. The Morgan fingerprint density at radius 3 is 2.57 bits per heavy atom. The van der Waals surface area contributed by atoms with Crippen molar-refractivity contribution in [1.29, 1.82) is 0 Å². The van der Waals surface area contributed by atoms with E-state index in [9.17, 15) is 5.11 Å². The van der Waals surface area contributed by atoms with Crippen molar-refractivity contribution in [3.05, 3.63) is 54.1 Å². The minimum absolute atomic E-state index is 0.326. The van der Waals surface area contributed by atoms with Crippen LogP contribution in [0.2, 0.25) is 0 Å². The summed E-state index contributed by atoms with van der Waals surface area (Å²) in [5.74, 6) is 0. The van der Waals surface area contributed by atoms with E-state index in [1.807, 2.05) is 35.1 Å². The van der Waals surface area contributed by atoms with Gasteiger partial charge in [0.15, 0.2) is 0 Å². The molecule has 0 saturated heterocycles. The predicted octanol–water partition coefficient (Wildman–Crippen LogP) is 2.68. The van der Waals surface area contributed by atoms with Crippen LogP contribution in [0.15, 0.2) is 42.9 Å². The third-order valence-electron chi connectivity index (χ3n) is 3.47. The van der Waals surface area contributed by atoms with Gasteiger partial charge in [-0.15, -0.1) is 0 Å². The van der Waals surface area contributed by atoms with Gasteiger partial charge in [-0.1, -0.05) is 6.07 Å². The monoisotopic (exact) mass is 282 g/mol. The average Bonchev–Trinajstić information content (AvgIpc) is 2.95. The quantitative estimate of drug-likeness (QED) is 0.799. The molecule has 5 nitrogen and oxygen atoms in total. The van der Waals surface area contributed by atoms with Crippen LogP contribution in [-0.2, 0) is 6.42 Å². The van der Waals surface area contributed by atoms with Crippen molar-refractivity contribution in [3.63, 3.8) is 0 Å². The van der Waals surface area contributed by atoms with Gasteiger partial charge in [-0.3, -0.25) is 14.6 Å². The Morgan fingerprint density at radius 1 is 1.10 bits per heavy atom. The summed E-state index contributed by atoms with van der Waals surface area (Å²) in [5, 5.41) is 14.9. The fraction of sp³-hybridized carbons (Fsp3) is 0.312. The van der Waals surface area contributed by atoms with Crippen molar-refractivity contribution in [2.75, 3.05) is 0 Å². The summed E-state index contributed by atoms with van der Waals surface area (Å²) in [6, 6.07) is 7.93. The zero-order chi connectivity index (χ0) is 14.8. The van der Waals surface area contributed by atoms with Crippen LogP contribution in [0.3, 0.4) is 0 Å². The van der Waals surface area contributed by atoms with Crippen molar-refractivity contribution in [3.8, 4) is 0 Å². The lowest BCUT2D eigenvalue weighted by molar-refractivity contribution is 0.177. The van der Waals surface area contributed by atoms with Gasteiger partial charge in [-0.2, -0.15) is 5.10 Å². The van der Waals surface area contributed by atoms with Crippen LogP contribution in [0.4, 0.5) is 0 Å². The molecule has 0 aliphatic rings. The second-order valence-electron chi connectivity index (χ2n) is 5.41. The average molecular weight is 282 g/mol. The van der Waals surface area contributed by atoms with Crippen LogP contribution in [0.25, 0.3) is 11.0 Å². The first-order valence-corrected chi connectivity index (χ1v) is 7.06. The molecule has 21 heavy (non-hydrogen) atoms. The van der Waals surface area contributed by atoms with Crippen molar-refractivity contribution in [2.45, 2.75) is 32.4 Å². The first kappa shape index (κ1) is 13.7. The molecular formula is C16H18N4O. The van der Waals surface area contributed by atoms with Crippen LogP contribution in [0, 0.1) is 0 Å². The van der Waals surface area contributed by atoms with Crippen molar-refractivity contribution in [1.82, 2.24) is 19.7 Å². The third kappa shape index (κ3) is 2.92. The van der Waals surface area contributed by atoms with Gasteiger partial charge in [0.2, 0.25) is 0 Å². The lowest BCUT2D eigenvalue weighted by Crippen LogP contribution is -2.05. The fourth-order valence-electron chi connectivity index (χ4n) is 2.28. The van der Waals surface area contributed by atoms with Gasteiger partial charge < -0.3 is 5.11 Å². The number of aliphatic hydroxyl groups excluding tert-OH is 1. The Labute approximate surface area is 123 Å². The molecular weight excluding hydrogens is 264 g/mol. The molecule has 0 bridgehead atoms. The number of rotatable bonds is 4. The molecule has 0 radical (unpaired) electrons. The summed E-state index contributed by atoms with van der Waals surface area (Å²) >= 11 is 0. The molecule has 0 fully saturated rings. The van der Waals surface area contributed by atoms with Crippen LogP contribution < -0.4 is 0 Å². The van der Waals surface area contributed by atoms with Crippen molar-refractivity contribution in [2.24, 2.45) is 0 Å². The summed E-state index contributed by atoms with van der Waals surface area (Å²) in [7, 11) is 0. The molecule has 0 spiro atoms. The van der Waals surface area contributed by atoms with E-state index in [-0.39, 0.29) is 0 Å². The second-order valence-corrected chi connectivity index (χ2v) is 5.41. The summed E-state index contributed by atoms with van der Waals surface area (Å²) in [4.78, 5) is 8.49. The first-order valence-electron chi connectivity index (χ1n) is 7.06. The Bertz CT molecular complexity index is 751. The van der Waals surface area contributed by atoms with Gasteiger partial charge in [0.25, 0.3) is 0 Å². The molecule has 1 N–H and O–H groups in total. The molecule has 1 atom stereocenters. The van der Waals surface area contributed by atoms with Crippen molar-refractivity contribution >= 4 is 11.0 Å². The van der Waals surface area contributed by atoms with Gasteiger partial charge in [-0.05, 0) is 37.6 Å². The maximum Gasteiger partial charge on any atom is 0.0890 e. The second kappa shape index (κ2) is 5.61. The van der Waals surface area contributed by atoms with E-state index < -0.39 is 6.10 Å². The van der Waals surface area contributed by atoms with Crippen LogP contribution in [0.1, 0.15) is 37.3 Å². The van der Waals surface area contributed by atoms with Gasteiger partial charge in [-0.25, -0.2) is 0 Å². The number of hydrogen-bond acceptors (Lipinski definition) is 4. The molecule has 108 valence electrons. The van der Waals surface area contributed by atoms with E-state index in [0.29, 0.717) is 12.5 Å². The maximum atomic E-state index is 10.4. The molecule has 3 aromatic rings. The molecule has 3 rings (SSSR count). The summed E-state index contributed by atoms with van der Waals surface area (Å²) < 4.78 is 1.90. The Hall–Kier alpha value is -2.27. The molecule has 0 saturated carbocycles. The molecule has 2 heterocycles. The topological polar surface area (TPSA) is 63.8 Å². The van der Waals surface area contributed by atoms with Gasteiger partial charge in [0.05, 0.1) is 22.8 Å². The largest absolute Gasteiger partial charge is 0.388 e. The Balaban J connectivity index is 1.80. The van der Waals surface area contributed by atoms with E-state index in [4.69, 9.17) is 0 Å². The highest BCUT2D eigenvalue weighted by Crippen LogP contribution is 2.21.